The number of aromatic nitrogens is 1. The first-order valence-corrected chi connectivity index (χ1v) is 5.64. The van der Waals surface area contributed by atoms with Gasteiger partial charge in [-0.1, -0.05) is 30.3 Å². The van der Waals surface area contributed by atoms with Gasteiger partial charge in [-0.15, -0.1) is 0 Å². The zero-order chi connectivity index (χ0) is 13.7. The molecule has 3 N–H and O–H groups in total. The second-order valence-corrected chi connectivity index (χ2v) is 3.80. The van der Waals surface area contributed by atoms with E-state index in [0.29, 0.717) is 6.42 Å². The largest absolute Gasteiger partial charge is 0.514 e. The smallest absolute Gasteiger partial charge is 0.494 e. The predicted octanol–water partition coefficient (Wildman–Crippen LogP) is 2.18. The van der Waals surface area contributed by atoms with E-state index in [4.69, 9.17) is 14.6 Å². The molecule has 0 unspecified atom stereocenters. The molecule has 0 amide bonds. The lowest BCUT2D eigenvalue weighted by atomic mass is 10.2. The first kappa shape index (κ1) is 12.8. The first-order chi connectivity index (χ1) is 9.15. The zero-order valence-electron chi connectivity index (χ0n) is 10.00. The Hall–Kier alpha value is -2.63. The van der Waals surface area contributed by atoms with E-state index in [2.05, 4.69) is 4.98 Å². The minimum absolute atomic E-state index is 0.167. The van der Waals surface area contributed by atoms with Gasteiger partial charge in [0.15, 0.2) is 11.6 Å². The third kappa shape index (κ3) is 3.67. The average molecular weight is 263 g/mol. The Balaban J connectivity index is 1.78. The summed E-state index contributed by atoms with van der Waals surface area (Å²) in [6, 6.07) is 10.6. The molecule has 1 aromatic carbocycles. The van der Waals surface area contributed by atoms with Gasteiger partial charge in [0.2, 0.25) is 5.88 Å². The van der Waals surface area contributed by atoms with Gasteiger partial charge in [-0.2, -0.15) is 0 Å². The van der Waals surface area contributed by atoms with Crippen molar-refractivity contribution in [2.75, 3.05) is 6.61 Å². The maximum absolute atomic E-state index is 11.3. The minimum atomic E-state index is -0.940. The van der Waals surface area contributed by atoms with Crippen molar-refractivity contribution in [1.29, 1.82) is 0 Å². The quantitative estimate of drug-likeness (QED) is 0.735. The molecule has 0 aliphatic rings. The van der Waals surface area contributed by atoms with Crippen molar-refractivity contribution < 1.29 is 24.5 Å². The highest BCUT2D eigenvalue weighted by molar-refractivity contribution is 5.65. The number of nitrogens with one attached hydrogen (secondary N) is 1. The zero-order valence-corrected chi connectivity index (χ0v) is 10.00. The summed E-state index contributed by atoms with van der Waals surface area (Å²) < 4.78 is 9.55. The number of hydrogen-bond donors (Lipinski definition) is 3. The monoisotopic (exact) mass is 263 g/mol. The molecule has 0 radical (unpaired) electrons. The third-order valence-corrected chi connectivity index (χ3v) is 2.39. The Kier molecular flexibility index (Phi) is 3.92. The topological polar surface area (TPSA) is 91.8 Å². The normalized spacial score (nSPS) is 10.1. The van der Waals surface area contributed by atoms with Crippen LogP contribution in [0.1, 0.15) is 5.56 Å². The van der Waals surface area contributed by atoms with E-state index in [1.54, 1.807) is 0 Å². The summed E-state index contributed by atoms with van der Waals surface area (Å²) in [7, 11) is 0. The highest BCUT2D eigenvalue weighted by atomic mass is 16.7. The second-order valence-electron chi connectivity index (χ2n) is 3.80. The number of aromatic hydroxyl groups is 2. The van der Waals surface area contributed by atoms with Gasteiger partial charge >= 0.3 is 6.16 Å². The molecule has 0 atom stereocenters. The van der Waals surface area contributed by atoms with Crippen LogP contribution in [-0.4, -0.2) is 28.0 Å². The summed E-state index contributed by atoms with van der Waals surface area (Å²) in [6.45, 7) is 0.167. The van der Waals surface area contributed by atoms with Crippen LogP contribution in [0.5, 0.6) is 17.5 Å². The Morgan fingerprint density at radius 3 is 2.58 bits per heavy atom. The first-order valence-electron chi connectivity index (χ1n) is 5.64. The number of H-pyrrole nitrogens is 1. The number of rotatable bonds is 4. The van der Waals surface area contributed by atoms with E-state index in [1.807, 2.05) is 30.3 Å². The van der Waals surface area contributed by atoms with E-state index >= 15 is 0 Å². The number of aromatic amines is 1. The van der Waals surface area contributed by atoms with Crippen LogP contribution < -0.4 is 4.74 Å². The van der Waals surface area contributed by atoms with E-state index in [1.165, 1.54) is 0 Å². The van der Waals surface area contributed by atoms with Crippen LogP contribution in [0.2, 0.25) is 0 Å². The molecule has 0 fully saturated rings. The number of carbonyl (C=O) groups excluding carboxylic acids is 1. The van der Waals surface area contributed by atoms with Crippen LogP contribution in [-0.2, 0) is 11.2 Å². The number of hydrogen-bond acceptors (Lipinski definition) is 5. The highest BCUT2D eigenvalue weighted by Gasteiger charge is 2.13. The van der Waals surface area contributed by atoms with Crippen LogP contribution >= 0.6 is 0 Å². The SMILES string of the molecule is O=C(OCCc1ccccc1)Oc1cc(O)[nH]c1O. The molecule has 19 heavy (non-hydrogen) atoms. The molecule has 0 aliphatic heterocycles. The van der Waals surface area contributed by atoms with E-state index in [0.717, 1.165) is 11.6 Å². The lowest BCUT2D eigenvalue weighted by Crippen LogP contribution is -2.12. The maximum atomic E-state index is 11.3. The molecule has 100 valence electrons. The van der Waals surface area contributed by atoms with Crippen LogP contribution in [0.25, 0.3) is 0 Å². The molecule has 0 bridgehead atoms. The fraction of sp³-hybridized carbons (Fsp3) is 0.154. The fourth-order valence-corrected chi connectivity index (χ4v) is 1.51. The summed E-state index contributed by atoms with van der Waals surface area (Å²) in [5, 5.41) is 18.3. The van der Waals surface area contributed by atoms with Crippen LogP contribution in [0, 0.1) is 0 Å². The Bertz CT molecular complexity index is 549. The summed E-state index contributed by atoms with van der Waals surface area (Å²) in [5.74, 6) is -0.913. The predicted molar refractivity (Wildman–Crippen MR) is 66.2 cm³/mol. The Morgan fingerprint density at radius 2 is 1.95 bits per heavy atom. The van der Waals surface area contributed by atoms with Gasteiger partial charge in [0.25, 0.3) is 0 Å². The van der Waals surface area contributed by atoms with Crippen molar-refractivity contribution in [2.24, 2.45) is 0 Å². The van der Waals surface area contributed by atoms with Gasteiger partial charge in [-0.3, -0.25) is 4.98 Å². The van der Waals surface area contributed by atoms with Gasteiger partial charge in [-0.05, 0) is 5.56 Å². The molecule has 2 aromatic rings. The third-order valence-electron chi connectivity index (χ3n) is 2.39. The Labute approximate surface area is 109 Å². The van der Waals surface area contributed by atoms with E-state index in [9.17, 15) is 9.90 Å². The van der Waals surface area contributed by atoms with Gasteiger partial charge in [0, 0.05) is 12.5 Å². The number of ether oxygens (including phenoxy) is 2. The van der Waals surface area contributed by atoms with Crippen molar-refractivity contribution in [1.82, 2.24) is 4.98 Å². The van der Waals surface area contributed by atoms with Crippen molar-refractivity contribution in [3.8, 4) is 17.5 Å². The van der Waals surface area contributed by atoms with E-state index < -0.39 is 12.0 Å². The summed E-state index contributed by atoms with van der Waals surface area (Å²) in [6.07, 6.45) is -0.370. The van der Waals surface area contributed by atoms with Crippen LogP contribution in [0.4, 0.5) is 4.79 Å². The van der Waals surface area contributed by atoms with Crippen LogP contribution in [0.3, 0.4) is 0 Å². The molecule has 6 nitrogen and oxygen atoms in total. The Morgan fingerprint density at radius 1 is 1.21 bits per heavy atom. The molecular weight excluding hydrogens is 250 g/mol. The molecule has 1 heterocycles. The highest BCUT2D eigenvalue weighted by Crippen LogP contribution is 2.29. The molecular formula is C13H13NO5. The van der Waals surface area contributed by atoms with Gasteiger partial charge in [0.05, 0.1) is 6.61 Å². The molecule has 0 aliphatic carbocycles. The summed E-state index contributed by atoms with van der Waals surface area (Å²) in [5.41, 5.74) is 1.04. The molecule has 0 saturated heterocycles. The average Bonchev–Trinajstić information content (AvgIpc) is 2.69. The van der Waals surface area contributed by atoms with Crippen LogP contribution in [0.15, 0.2) is 36.4 Å². The van der Waals surface area contributed by atoms with Gasteiger partial charge < -0.3 is 19.7 Å². The standard InChI is InChI=1S/C13H13NO5/c15-11-8-10(12(16)14-11)19-13(17)18-7-6-9-4-2-1-3-5-9/h1-5,8,14-16H,6-7H2. The summed E-state index contributed by atoms with van der Waals surface area (Å²) >= 11 is 0. The van der Waals surface area contributed by atoms with Crippen molar-refractivity contribution in [2.45, 2.75) is 6.42 Å². The van der Waals surface area contributed by atoms with Crippen molar-refractivity contribution in [3.05, 3.63) is 42.0 Å². The molecule has 1 aromatic heterocycles. The fourth-order valence-electron chi connectivity index (χ4n) is 1.51. The number of benzene rings is 1. The summed E-state index contributed by atoms with van der Waals surface area (Å²) in [4.78, 5) is 13.5. The van der Waals surface area contributed by atoms with Gasteiger partial charge in [-0.25, -0.2) is 4.79 Å². The lowest BCUT2D eigenvalue weighted by molar-refractivity contribution is 0.0990. The molecule has 0 saturated carbocycles. The molecule has 2 rings (SSSR count). The molecule has 0 spiro atoms. The number of carbonyl (C=O) groups is 1. The van der Waals surface area contributed by atoms with Gasteiger partial charge in [0.1, 0.15) is 0 Å². The van der Waals surface area contributed by atoms with E-state index in [-0.39, 0.29) is 18.2 Å². The van der Waals surface area contributed by atoms with Crippen molar-refractivity contribution in [3.63, 3.8) is 0 Å². The maximum Gasteiger partial charge on any atom is 0.514 e. The lowest BCUT2D eigenvalue weighted by Gasteiger charge is -2.04. The van der Waals surface area contributed by atoms with Crippen molar-refractivity contribution >= 4 is 6.16 Å². The molecule has 6 heteroatoms. The minimum Gasteiger partial charge on any atom is -0.494 e. The second kappa shape index (κ2) is 5.81.